The molecule has 0 spiro atoms. The van der Waals surface area contributed by atoms with E-state index in [9.17, 15) is 14.4 Å². The maximum atomic E-state index is 12.5. The zero-order chi connectivity index (χ0) is 21.0. The van der Waals surface area contributed by atoms with E-state index in [0.717, 1.165) is 16.9 Å². The maximum absolute atomic E-state index is 12.5. The van der Waals surface area contributed by atoms with E-state index >= 15 is 0 Å². The quantitative estimate of drug-likeness (QED) is 0.585. The first kappa shape index (κ1) is 20.3. The van der Waals surface area contributed by atoms with Crippen LogP contribution in [-0.2, 0) is 9.53 Å². The van der Waals surface area contributed by atoms with Crippen molar-refractivity contribution in [2.24, 2.45) is 0 Å². The molecule has 3 aromatic rings. The molecule has 2 aromatic heterocycles. The summed E-state index contributed by atoms with van der Waals surface area (Å²) >= 11 is 1.07. The lowest BCUT2D eigenvalue weighted by molar-refractivity contribution is -0.123. The second kappa shape index (κ2) is 8.74. The maximum Gasteiger partial charge on any atom is 0.349 e. The van der Waals surface area contributed by atoms with Crippen molar-refractivity contribution < 1.29 is 23.5 Å². The minimum Gasteiger partial charge on any atom is -0.459 e. The second-order valence-corrected chi connectivity index (χ2v) is 7.46. The highest BCUT2D eigenvalue weighted by molar-refractivity contribution is 7.18. The van der Waals surface area contributed by atoms with Crippen LogP contribution in [0.1, 0.15) is 38.3 Å². The molecule has 150 valence electrons. The lowest BCUT2D eigenvalue weighted by Crippen LogP contribution is -2.30. The van der Waals surface area contributed by atoms with Gasteiger partial charge in [-0.2, -0.15) is 0 Å². The highest BCUT2D eigenvalue weighted by Crippen LogP contribution is 2.28. The number of anilines is 2. The number of para-hydroxylation sites is 1. The average molecular weight is 412 g/mol. The number of nitrogens with one attached hydrogen (secondary N) is 2. The summed E-state index contributed by atoms with van der Waals surface area (Å²) in [6.07, 6.45) is 0.422. The normalized spacial score (nSPS) is 11.6. The molecule has 0 saturated heterocycles. The summed E-state index contributed by atoms with van der Waals surface area (Å²) in [7, 11) is 0. The zero-order valence-corrected chi connectivity index (χ0v) is 17.0. The Bertz CT molecular complexity index is 1040. The van der Waals surface area contributed by atoms with Crippen molar-refractivity contribution in [1.29, 1.82) is 0 Å². The van der Waals surface area contributed by atoms with E-state index in [-0.39, 0.29) is 5.76 Å². The van der Waals surface area contributed by atoms with E-state index in [1.807, 2.05) is 25.1 Å². The second-order valence-electron chi connectivity index (χ2n) is 6.41. The van der Waals surface area contributed by atoms with Gasteiger partial charge in [0.15, 0.2) is 11.9 Å². The fourth-order valence-corrected chi connectivity index (χ4v) is 3.49. The van der Waals surface area contributed by atoms with Gasteiger partial charge in [0, 0.05) is 5.69 Å². The number of carbonyl (C=O) groups excluding carboxylic acids is 3. The third-order valence-electron chi connectivity index (χ3n) is 4.14. The van der Waals surface area contributed by atoms with Gasteiger partial charge in [0.2, 0.25) is 0 Å². The van der Waals surface area contributed by atoms with Crippen LogP contribution in [0.4, 0.5) is 10.7 Å². The van der Waals surface area contributed by atoms with Crippen LogP contribution < -0.4 is 10.6 Å². The molecule has 0 saturated carbocycles. The van der Waals surface area contributed by atoms with Crippen LogP contribution >= 0.6 is 11.3 Å². The van der Waals surface area contributed by atoms with E-state index in [4.69, 9.17) is 9.15 Å². The molecule has 29 heavy (non-hydrogen) atoms. The number of hydrogen-bond donors (Lipinski definition) is 2. The Labute approximate surface area is 171 Å². The van der Waals surface area contributed by atoms with Crippen molar-refractivity contribution in [1.82, 2.24) is 0 Å². The van der Waals surface area contributed by atoms with Gasteiger partial charge in [0.05, 0.1) is 11.3 Å². The zero-order valence-electron chi connectivity index (χ0n) is 16.1. The summed E-state index contributed by atoms with van der Waals surface area (Å²) in [6, 6.07) is 12.2. The van der Waals surface area contributed by atoms with E-state index in [2.05, 4.69) is 10.6 Å². The summed E-state index contributed by atoms with van der Waals surface area (Å²) in [5, 5.41) is 5.90. The van der Waals surface area contributed by atoms with Gasteiger partial charge in [-0.1, -0.05) is 18.2 Å². The molecule has 2 amide bonds. The topological polar surface area (TPSA) is 97.6 Å². The summed E-state index contributed by atoms with van der Waals surface area (Å²) in [6.45, 7) is 5.11. The molecule has 0 radical (unpaired) electrons. The highest BCUT2D eigenvalue weighted by Gasteiger charge is 2.23. The molecule has 1 unspecified atom stereocenters. The molecule has 3 rings (SSSR count). The van der Waals surface area contributed by atoms with Crippen molar-refractivity contribution in [3.8, 4) is 0 Å². The van der Waals surface area contributed by atoms with Crippen molar-refractivity contribution >= 4 is 39.8 Å². The molecule has 2 heterocycles. The molecule has 7 nitrogen and oxygen atoms in total. The smallest absolute Gasteiger partial charge is 0.349 e. The van der Waals surface area contributed by atoms with E-state index < -0.39 is 23.9 Å². The molecule has 0 aliphatic heterocycles. The van der Waals surface area contributed by atoms with E-state index in [1.54, 1.807) is 31.2 Å². The molecule has 0 fully saturated rings. The highest BCUT2D eigenvalue weighted by atomic mass is 32.1. The number of hydrogen-bond acceptors (Lipinski definition) is 6. The van der Waals surface area contributed by atoms with Crippen LogP contribution in [0.3, 0.4) is 0 Å². The first-order valence-corrected chi connectivity index (χ1v) is 9.69. The minimum atomic E-state index is -0.982. The van der Waals surface area contributed by atoms with Crippen molar-refractivity contribution in [2.75, 3.05) is 10.6 Å². The fraction of sp³-hybridized carbons (Fsp3) is 0.190. The van der Waals surface area contributed by atoms with Crippen molar-refractivity contribution in [2.45, 2.75) is 26.9 Å². The Morgan fingerprint density at radius 3 is 2.48 bits per heavy atom. The molecule has 0 aliphatic rings. The van der Waals surface area contributed by atoms with Crippen LogP contribution in [0.2, 0.25) is 0 Å². The number of thiophene rings is 1. The number of esters is 1. The Kier molecular flexibility index (Phi) is 6.13. The molecule has 1 atom stereocenters. The number of benzene rings is 1. The minimum absolute atomic E-state index is 0.168. The number of amides is 2. The standard InChI is InChI=1S/C21H20N2O5S/c1-12-7-4-5-8-15(12)22-19(24)14(3)28-21(26)18-13(2)11-17(29-18)23-20(25)16-9-6-10-27-16/h4-11,14H,1-3H3,(H,22,24)(H,23,25). The van der Waals surface area contributed by atoms with Gasteiger partial charge in [-0.3, -0.25) is 9.59 Å². The molecule has 2 N–H and O–H groups in total. The van der Waals surface area contributed by atoms with Crippen molar-refractivity contribution in [3.05, 3.63) is 70.5 Å². The largest absolute Gasteiger partial charge is 0.459 e. The van der Waals surface area contributed by atoms with Crippen LogP contribution in [0.5, 0.6) is 0 Å². The third kappa shape index (κ3) is 4.91. The van der Waals surface area contributed by atoms with Gasteiger partial charge in [-0.05, 0) is 56.2 Å². The van der Waals surface area contributed by atoms with Gasteiger partial charge in [0.1, 0.15) is 4.88 Å². The van der Waals surface area contributed by atoms with E-state index in [0.29, 0.717) is 21.1 Å². The van der Waals surface area contributed by atoms with Gasteiger partial charge in [-0.15, -0.1) is 11.3 Å². The number of rotatable bonds is 6. The van der Waals surface area contributed by atoms with Gasteiger partial charge in [-0.25, -0.2) is 4.79 Å². The molecule has 0 aliphatic carbocycles. The number of furan rings is 1. The first-order chi connectivity index (χ1) is 13.8. The first-order valence-electron chi connectivity index (χ1n) is 8.88. The number of carbonyl (C=O) groups is 3. The van der Waals surface area contributed by atoms with Crippen LogP contribution in [0.15, 0.2) is 53.1 Å². The lowest BCUT2D eigenvalue weighted by Gasteiger charge is -2.14. The molecular formula is C21H20N2O5S. The van der Waals surface area contributed by atoms with E-state index in [1.165, 1.54) is 13.2 Å². The number of aryl methyl sites for hydroxylation is 2. The summed E-state index contributed by atoms with van der Waals surface area (Å²) in [4.78, 5) is 37.2. The molecule has 0 bridgehead atoms. The van der Waals surface area contributed by atoms with Crippen LogP contribution in [-0.4, -0.2) is 23.9 Å². The number of ether oxygens (including phenoxy) is 1. The summed E-state index contributed by atoms with van der Waals surface area (Å²) in [5.74, 6) is -1.30. The fourth-order valence-electron chi connectivity index (χ4n) is 2.54. The molecule has 8 heteroatoms. The Morgan fingerprint density at radius 1 is 1.03 bits per heavy atom. The molecular weight excluding hydrogens is 392 g/mol. The van der Waals surface area contributed by atoms with Gasteiger partial charge >= 0.3 is 5.97 Å². The Balaban J connectivity index is 1.62. The predicted octanol–water partition coefficient (Wildman–Crippen LogP) is 4.39. The monoisotopic (exact) mass is 412 g/mol. The summed E-state index contributed by atoms with van der Waals surface area (Å²) in [5.41, 5.74) is 2.21. The summed E-state index contributed by atoms with van der Waals surface area (Å²) < 4.78 is 10.4. The lowest BCUT2D eigenvalue weighted by atomic mass is 10.2. The third-order valence-corrected chi connectivity index (χ3v) is 5.27. The van der Waals surface area contributed by atoms with Gasteiger partial charge in [0.25, 0.3) is 11.8 Å². The van der Waals surface area contributed by atoms with Crippen LogP contribution in [0.25, 0.3) is 0 Å². The predicted molar refractivity (Wildman–Crippen MR) is 110 cm³/mol. The Morgan fingerprint density at radius 2 is 1.79 bits per heavy atom. The average Bonchev–Trinajstić information content (AvgIpc) is 3.33. The van der Waals surface area contributed by atoms with Crippen molar-refractivity contribution in [3.63, 3.8) is 0 Å². The van der Waals surface area contributed by atoms with Crippen LogP contribution in [0, 0.1) is 13.8 Å². The molecule has 1 aromatic carbocycles. The Hall–Kier alpha value is -3.39. The van der Waals surface area contributed by atoms with Gasteiger partial charge < -0.3 is 19.8 Å². The SMILES string of the molecule is Cc1ccccc1NC(=O)C(C)OC(=O)c1sc(NC(=O)c2ccco2)cc1C.